The largest absolute Gasteiger partial charge is 0.416 e. The van der Waals surface area contributed by atoms with Crippen molar-refractivity contribution in [3.05, 3.63) is 96.3 Å². The van der Waals surface area contributed by atoms with Gasteiger partial charge in [-0.15, -0.1) is 0 Å². The number of carbonyl (C=O) groups excluding carboxylic acids is 3. The first-order valence-corrected chi connectivity index (χ1v) is 28.9. The van der Waals surface area contributed by atoms with Gasteiger partial charge in [-0.1, -0.05) is 6.07 Å². The molecule has 22 nitrogen and oxygen atoms in total. The summed E-state index contributed by atoms with van der Waals surface area (Å²) in [5, 5.41) is 30.0. The van der Waals surface area contributed by atoms with Crippen molar-refractivity contribution in [2.75, 3.05) is 138 Å². The molecule has 5 aliphatic heterocycles. The lowest BCUT2D eigenvalue weighted by Crippen LogP contribution is -2.52. The van der Waals surface area contributed by atoms with Crippen molar-refractivity contribution in [1.82, 2.24) is 64.7 Å². The van der Waals surface area contributed by atoms with Crippen molar-refractivity contribution in [3.63, 3.8) is 0 Å². The molecule has 4 N–H and O–H groups in total. The number of urea groups is 1. The highest BCUT2D eigenvalue weighted by Gasteiger charge is 2.40. The summed E-state index contributed by atoms with van der Waals surface area (Å²) >= 11 is 0. The third-order valence-corrected chi connectivity index (χ3v) is 17.1. The maximum absolute atomic E-state index is 13.6. The average molecular weight is 1190 g/mol. The molecule has 1 atom stereocenters. The Morgan fingerprint density at radius 3 is 1.37 bits per heavy atom. The molecule has 4 aromatic heterocycles. The number of sulfonamides is 1. The number of piperazine rings is 4. The number of hydrogen-bond donors (Lipinski definition) is 4. The summed E-state index contributed by atoms with van der Waals surface area (Å²) in [4.78, 5) is 50.0. The summed E-state index contributed by atoms with van der Waals surface area (Å²) in [7, 11) is -1.41. The number of fused-ring (bicyclic) bond motifs is 5. The summed E-state index contributed by atoms with van der Waals surface area (Å²) in [6, 6.07) is 14.0. The molecular formula is C54H62F7N17O5S. The van der Waals surface area contributed by atoms with Gasteiger partial charge < -0.3 is 39.2 Å². The number of likely N-dealkylation sites (N-methyl/N-ethyl adjacent to an activating group) is 1. The Labute approximate surface area is 477 Å². The number of alkyl halides is 6. The Morgan fingerprint density at radius 2 is 0.929 bits per heavy atom. The summed E-state index contributed by atoms with van der Waals surface area (Å²) < 4.78 is 116. The minimum atomic E-state index is -4.46. The van der Waals surface area contributed by atoms with Gasteiger partial charge in [-0.3, -0.25) is 30.0 Å². The number of nitrogens with zero attached hydrogens (tertiary/aromatic N) is 13. The Kier molecular flexibility index (Phi) is 16.6. The van der Waals surface area contributed by atoms with E-state index in [-0.39, 0.29) is 36.8 Å². The molecule has 84 heavy (non-hydrogen) atoms. The van der Waals surface area contributed by atoms with Crippen LogP contribution < -0.4 is 19.6 Å². The number of anilines is 4. The van der Waals surface area contributed by atoms with E-state index in [1.807, 2.05) is 45.0 Å². The first-order valence-electron chi connectivity index (χ1n) is 27.0. The van der Waals surface area contributed by atoms with Crippen LogP contribution in [0.2, 0.25) is 0 Å². The first kappa shape index (κ1) is 58.8. The van der Waals surface area contributed by atoms with E-state index < -0.39 is 33.5 Å². The third-order valence-electron chi connectivity index (χ3n) is 15.8. The van der Waals surface area contributed by atoms with E-state index in [1.54, 1.807) is 22.9 Å². The molecule has 0 spiro atoms. The Bertz CT molecular complexity index is 3790. The van der Waals surface area contributed by atoms with Gasteiger partial charge in [0.1, 0.15) is 5.82 Å². The van der Waals surface area contributed by atoms with Crippen LogP contribution in [0, 0.1) is 5.82 Å². The minimum absolute atomic E-state index is 0.0165. The van der Waals surface area contributed by atoms with Crippen LogP contribution in [-0.2, 0) is 32.0 Å². The van der Waals surface area contributed by atoms with Crippen LogP contribution >= 0.6 is 0 Å². The minimum Gasteiger partial charge on any atom is -0.368 e. The molecule has 9 heterocycles. The van der Waals surface area contributed by atoms with Crippen molar-refractivity contribution in [2.45, 2.75) is 32.2 Å². The van der Waals surface area contributed by atoms with Crippen LogP contribution in [-0.4, -0.2) is 215 Å². The molecule has 0 saturated carbocycles. The lowest BCUT2D eigenvalue weighted by atomic mass is 10.1. The predicted octanol–water partition coefficient (Wildman–Crippen LogP) is 6.40. The van der Waals surface area contributed by atoms with Gasteiger partial charge in [-0.25, -0.2) is 17.6 Å². The normalized spacial score (nSPS) is 18.2. The monoisotopic (exact) mass is 1190 g/mol. The highest BCUT2D eigenvalue weighted by Crippen LogP contribution is 2.39. The molecule has 13 rings (SSSR count). The molecule has 5 aliphatic rings. The number of rotatable bonds is 5. The highest BCUT2D eigenvalue weighted by molar-refractivity contribution is 7.88. The number of hydrogen-bond acceptors (Lipinski definition) is 13. The topological polar surface area (TPSA) is 229 Å². The van der Waals surface area contributed by atoms with Gasteiger partial charge in [0.05, 0.1) is 76.0 Å². The zero-order chi connectivity index (χ0) is 59.8. The number of aromatic nitrogens is 8. The van der Waals surface area contributed by atoms with Gasteiger partial charge in [0.2, 0.25) is 21.8 Å². The summed E-state index contributed by atoms with van der Waals surface area (Å²) in [6.07, 6.45) is -1.14. The van der Waals surface area contributed by atoms with E-state index in [0.717, 1.165) is 78.7 Å². The number of H-pyrrole nitrogens is 4. The van der Waals surface area contributed by atoms with Crippen molar-refractivity contribution < 1.29 is 53.5 Å². The molecule has 5 fully saturated rings. The van der Waals surface area contributed by atoms with Gasteiger partial charge >= 0.3 is 18.4 Å². The molecule has 4 amide bonds. The second-order valence-corrected chi connectivity index (χ2v) is 23.1. The molecule has 0 aliphatic carbocycles. The Morgan fingerprint density at radius 1 is 0.524 bits per heavy atom. The van der Waals surface area contributed by atoms with Crippen LogP contribution in [0.25, 0.3) is 43.6 Å². The fourth-order valence-corrected chi connectivity index (χ4v) is 12.1. The first-order chi connectivity index (χ1) is 39.9. The van der Waals surface area contributed by atoms with Gasteiger partial charge in [-0.05, 0) is 48.5 Å². The van der Waals surface area contributed by atoms with Crippen LogP contribution in [0.5, 0.6) is 0 Å². The zero-order valence-corrected chi connectivity index (χ0v) is 47.1. The Hall–Kier alpha value is -8.41. The zero-order valence-electron chi connectivity index (χ0n) is 46.3. The van der Waals surface area contributed by atoms with Gasteiger partial charge in [0.25, 0.3) is 0 Å². The van der Waals surface area contributed by atoms with Crippen molar-refractivity contribution in [2.24, 2.45) is 0 Å². The maximum atomic E-state index is 13.6. The SMILES string of the molecule is CC(=O)N1CCN(c2cc(C(F)(F)F)cc3[nH]ncc23)CC1.CC(=O)N1CCN(c2cc(F)cc3[nH]ncc23)CC1.CN1CC2CN(c3cccc4[nH]ncc34)CCN2C1=O.CS(=O)(=O)N1CCN(c2cc(C(F)(F)F)cc3[nH]ncc23)CC1. The number of halogens is 7. The van der Waals surface area contributed by atoms with Crippen LogP contribution in [0.15, 0.2) is 79.4 Å². The average Bonchev–Trinajstić information content (AvgIpc) is 2.78. The summed E-state index contributed by atoms with van der Waals surface area (Å²) in [6.45, 7) is 12.4. The number of aromatic amines is 4. The summed E-state index contributed by atoms with van der Waals surface area (Å²) in [5.41, 5.74) is 3.93. The van der Waals surface area contributed by atoms with Gasteiger partial charge in [-0.2, -0.15) is 51.0 Å². The molecule has 5 saturated heterocycles. The smallest absolute Gasteiger partial charge is 0.368 e. The van der Waals surface area contributed by atoms with Crippen LogP contribution in [0.1, 0.15) is 25.0 Å². The van der Waals surface area contributed by atoms with Crippen molar-refractivity contribution in [3.8, 4) is 0 Å². The molecule has 448 valence electrons. The number of nitrogens with one attached hydrogen (secondary N) is 4. The number of carbonyl (C=O) groups is 3. The Balaban J connectivity index is 0.000000125. The van der Waals surface area contributed by atoms with E-state index in [4.69, 9.17) is 0 Å². The second-order valence-electron chi connectivity index (χ2n) is 21.1. The van der Waals surface area contributed by atoms with Gasteiger partial charge in [0.15, 0.2) is 0 Å². The predicted molar refractivity (Wildman–Crippen MR) is 303 cm³/mol. The second kappa shape index (κ2) is 23.7. The van der Waals surface area contributed by atoms with E-state index in [2.05, 4.69) is 56.7 Å². The summed E-state index contributed by atoms with van der Waals surface area (Å²) in [5.74, 6) is -0.203. The van der Waals surface area contributed by atoms with E-state index in [0.29, 0.717) is 110 Å². The standard InChI is InChI=1S/C14H15F3N4O.C14H17N5O.C13H15F3N4O2S.C13H15FN4O/c1-9(22)20-2-4-21(5-3-20)13-7-10(14(15,16)17)6-12-11(13)8-18-19-12;1-17-8-10-9-18(5-6-19(10)14(17)20)13-4-2-3-12-11(13)7-15-16-12;1-23(21,22)20-4-2-19(3-5-20)12-7-9(13(14,15)16)6-11-10(12)8-17-18-11;1-9(19)17-2-4-18(5-3-17)13-7-10(14)6-12-11(13)8-15-16-12/h6-8H,2-5H2,1H3,(H,18,19);2-4,7,10H,5-6,8-9H2,1H3,(H,15,16);6-8H,2-5H2,1H3,(H,17,18);6-8H,2-5H2,1H3,(H,15,16). The lowest BCUT2D eigenvalue weighted by molar-refractivity contribution is -0.138. The quantitative estimate of drug-likeness (QED) is 0.137. The highest BCUT2D eigenvalue weighted by atomic mass is 32.2. The fourth-order valence-electron chi connectivity index (χ4n) is 11.3. The molecule has 0 bridgehead atoms. The van der Waals surface area contributed by atoms with Crippen LogP contribution in [0.3, 0.4) is 0 Å². The van der Waals surface area contributed by atoms with Gasteiger partial charge in [0, 0.05) is 164 Å². The molecule has 1 unspecified atom stereocenters. The van der Waals surface area contributed by atoms with E-state index >= 15 is 0 Å². The fraction of sp³-hybridized carbons (Fsp3) is 0.426. The molecule has 4 aromatic carbocycles. The van der Waals surface area contributed by atoms with E-state index in [1.165, 1.54) is 41.4 Å². The lowest BCUT2D eigenvalue weighted by Gasteiger charge is -2.38. The molecule has 30 heteroatoms. The van der Waals surface area contributed by atoms with E-state index in [9.17, 15) is 53.5 Å². The number of benzene rings is 4. The maximum Gasteiger partial charge on any atom is 0.416 e. The molecule has 8 aromatic rings. The van der Waals surface area contributed by atoms with Crippen molar-refractivity contribution >= 4 is 94.2 Å². The number of amides is 4. The third kappa shape index (κ3) is 12.7. The van der Waals surface area contributed by atoms with Crippen molar-refractivity contribution in [1.29, 1.82) is 0 Å². The van der Waals surface area contributed by atoms with Crippen LogP contribution in [0.4, 0.5) is 58.3 Å². The molecule has 0 radical (unpaired) electrons. The molecular weight excluding hydrogens is 1130 g/mol.